The number of esters is 2. The molecule has 0 aromatic heterocycles. The molecular formula is C14H16I2O6. The van der Waals surface area contributed by atoms with Gasteiger partial charge in [0.2, 0.25) is 0 Å². The fraction of sp³-hybridized carbons (Fsp3) is 0.429. The van der Waals surface area contributed by atoms with Crippen LogP contribution in [0.1, 0.15) is 19.4 Å². The summed E-state index contributed by atoms with van der Waals surface area (Å²) < 4.78 is 14.8. The largest absolute Gasteiger partial charge is 0.426 e. The molecule has 1 N–H and O–H groups in total. The molecule has 0 spiro atoms. The van der Waals surface area contributed by atoms with Gasteiger partial charge >= 0.3 is 11.9 Å². The highest BCUT2D eigenvalue weighted by Crippen LogP contribution is 2.27. The zero-order chi connectivity index (χ0) is 16.7. The van der Waals surface area contributed by atoms with Crippen molar-refractivity contribution in [3.63, 3.8) is 0 Å². The number of hydrogen-bond donors (Lipinski definition) is 1. The first kappa shape index (κ1) is 19.6. The van der Waals surface area contributed by atoms with Gasteiger partial charge in [0.1, 0.15) is 26.1 Å². The lowest BCUT2D eigenvalue weighted by molar-refractivity contribution is -0.133. The Labute approximate surface area is 155 Å². The third-order valence-corrected chi connectivity index (χ3v) is 3.48. The van der Waals surface area contributed by atoms with Crippen LogP contribution in [0.4, 0.5) is 0 Å². The molecule has 8 heteroatoms. The molecule has 2 atom stereocenters. The van der Waals surface area contributed by atoms with E-state index in [9.17, 15) is 9.59 Å². The van der Waals surface area contributed by atoms with Crippen molar-refractivity contribution >= 4 is 57.1 Å². The molecule has 0 saturated carbocycles. The first-order chi connectivity index (χ1) is 10.3. The van der Waals surface area contributed by atoms with Gasteiger partial charge in [0, 0.05) is 11.6 Å². The molecule has 0 bridgehead atoms. The standard InChI is InChI=1S/C14H16I2O6/c1-8(15)13(18)21-11-4-3-10(6-20-7-17)12(5-11)22-14(19)9(2)16/h3-5,8-9,17H,6-7H2,1-2H3. The predicted molar refractivity (Wildman–Crippen MR) is 96.6 cm³/mol. The molecule has 0 fully saturated rings. The van der Waals surface area contributed by atoms with E-state index in [0.717, 1.165) is 0 Å². The zero-order valence-electron chi connectivity index (χ0n) is 12.0. The molecule has 1 aromatic carbocycles. The van der Waals surface area contributed by atoms with Gasteiger partial charge in [-0.3, -0.25) is 9.59 Å². The van der Waals surface area contributed by atoms with Crippen LogP contribution in [0.15, 0.2) is 18.2 Å². The summed E-state index contributed by atoms with van der Waals surface area (Å²) in [5.41, 5.74) is 0.571. The Morgan fingerprint density at radius 1 is 1.14 bits per heavy atom. The lowest BCUT2D eigenvalue weighted by Gasteiger charge is -2.13. The summed E-state index contributed by atoms with van der Waals surface area (Å²) >= 11 is 3.89. The summed E-state index contributed by atoms with van der Waals surface area (Å²) in [4.78, 5) is 23.4. The van der Waals surface area contributed by atoms with Crippen molar-refractivity contribution in [3.05, 3.63) is 23.8 Å². The Morgan fingerprint density at radius 3 is 2.27 bits per heavy atom. The van der Waals surface area contributed by atoms with Crippen LogP contribution < -0.4 is 9.47 Å². The first-order valence-corrected chi connectivity index (χ1v) is 8.87. The lowest BCUT2D eigenvalue weighted by atomic mass is 10.2. The van der Waals surface area contributed by atoms with Crippen LogP contribution in [0.3, 0.4) is 0 Å². The molecule has 0 heterocycles. The van der Waals surface area contributed by atoms with Crippen molar-refractivity contribution in [1.82, 2.24) is 0 Å². The van der Waals surface area contributed by atoms with Gasteiger partial charge in [-0.2, -0.15) is 0 Å². The molecular weight excluding hydrogens is 518 g/mol. The number of benzene rings is 1. The van der Waals surface area contributed by atoms with Gasteiger partial charge in [0.15, 0.2) is 0 Å². The monoisotopic (exact) mass is 534 g/mol. The first-order valence-electron chi connectivity index (χ1n) is 6.38. The van der Waals surface area contributed by atoms with E-state index in [1.54, 1.807) is 26.0 Å². The summed E-state index contributed by atoms with van der Waals surface area (Å²) in [7, 11) is 0. The molecule has 0 aliphatic rings. The number of carbonyl (C=O) groups is 2. The number of alkyl halides is 2. The molecule has 0 aliphatic carbocycles. The Balaban J connectivity index is 2.99. The number of ether oxygens (including phenoxy) is 3. The van der Waals surface area contributed by atoms with Gasteiger partial charge in [-0.25, -0.2) is 0 Å². The maximum Gasteiger partial charge on any atom is 0.324 e. The Bertz CT molecular complexity index is 530. The average molecular weight is 534 g/mol. The summed E-state index contributed by atoms with van der Waals surface area (Å²) in [5, 5.41) is 8.72. The molecule has 2 unspecified atom stereocenters. The van der Waals surface area contributed by atoms with Crippen LogP contribution in [0.5, 0.6) is 11.5 Å². The van der Waals surface area contributed by atoms with Crippen molar-refractivity contribution in [2.24, 2.45) is 0 Å². The van der Waals surface area contributed by atoms with Crippen LogP contribution in [0, 0.1) is 0 Å². The van der Waals surface area contributed by atoms with E-state index >= 15 is 0 Å². The van der Waals surface area contributed by atoms with Gasteiger partial charge in [0.25, 0.3) is 0 Å². The topological polar surface area (TPSA) is 82.1 Å². The summed E-state index contributed by atoms with van der Waals surface area (Å²) in [6.45, 7) is 3.05. The SMILES string of the molecule is CC(I)C(=O)Oc1ccc(COCO)c(OC(=O)C(C)I)c1. The summed E-state index contributed by atoms with van der Waals surface area (Å²) in [6.07, 6.45) is 0. The van der Waals surface area contributed by atoms with Crippen LogP contribution in [-0.4, -0.2) is 31.7 Å². The van der Waals surface area contributed by atoms with Crippen LogP contribution >= 0.6 is 45.2 Å². The molecule has 6 nitrogen and oxygen atoms in total. The number of hydrogen-bond acceptors (Lipinski definition) is 6. The van der Waals surface area contributed by atoms with Gasteiger partial charge in [-0.1, -0.05) is 45.2 Å². The molecule has 0 aliphatic heterocycles. The molecule has 1 aromatic rings. The zero-order valence-corrected chi connectivity index (χ0v) is 16.4. The number of aliphatic hydroxyl groups is 1. The minimum atomic E-state index is -0.445. The minimum Gasteiger partial charge on any atom is -0.426 e. The number of halogens is 2. The van der Waals surface area contributed by atoms with Crippen molar-refractivity contribution in [1.29, 1.82) is 0 Å². The van der Waals surface area contributed by atoms with Crippen molar-refractivity contribution in [2.75, 3.05) is 6.79 Å². The van der Waals surface area contributed by atoms with E-state index in [1.807, 2.05) is 45.2 Å². The van der Waals surface area contributed by atoms with E-state index < -0.39 is 12.8 Å². The third kappa shape index (κ3) is 6.34. The quantitative estimate of drug-likeness (QED) is 0.191. The molecule has 0 saturated heterocycles. The van der Waals surface area contributed by atoms with Gasteiger partial charge < -0.3 is 19.3 Å². The van der Waals surface area contributed by atoms with Crippen LogP contribution in [0.25, 0.3) is 0 Å². The van der Waals surface area contributed by atoms with E-state index in [-0.39, 0.29) is 31.9 Å². The highest BCUT2D eigenvalue weighted by Gasteiger charge is 2.17. The minimum absolute atomic E-state index is 0.0751. The van der Waals surface area contributed by atoms with Crippen molar-refractivity contribution in [2.45, 2.75) is 28.3 Å². The van der Waals surface area contributed by atoms with E-state index in [1.165, 1.54) is 6.07 Å². The number of aliphatic hydroxyl groups excluding tert-OH is 1. The third-order valence-electron chi connectivity index (χ3n) is 2.47. The maximum atomic E-state index is 11.8. The predicted octanol–water partition coefficient (Wildman–Crippen LogP) is 2.61. The molecule has 22 heavy (non-hydrogen) atoms. The second-order valence-electron chi connectivity index (χ2n) is 4.32. The summed E-state index contributed by atoms with van der Waals surface area (Å²) in [5.74, 6) is -0.283. The molecule has 1 rings (SSSR count). The van der Waals surface area contributed by atoms with E-state index in [4.69, 9.17) is 19.3 Å². The van der Waals surface area contributed by atoms with Crippen molar-refractivity contribution in [3.8, 4) is 11.5 Å². The molecule has 0 radical (unpaired) electrons. The maximum absolute atomic E-state index is 11.8. The highest BCUT2D eigenvalue weighted by molar-refractivity contribution is 14.1. The molecule has 0 amide bonds. The number of carbonyl (C=O) groups excluding carboxylic acids is 2. The Kier molecular flexibility index (Phi) is 8.57. The second-order valence-corrected chi connectivity index (χ2v) is 8.06. The normalized spacial score (nSPS) is 13.3. The van der Waals surface area contributed by atoms with Crippen LogP contribution in [-0.2, 0) is 20.9 Å². The highest BCUT2D eigenvalue weighted by atomic mass is 127. The smallest absolute Gasteiger partial charge is 0.324 e. The van der Waals surface area contributed by atoms with E-state index in [2.05, 4.69) is 0 Å². The number of rotatable bonds is 7. The summed E-state index contributed by atoms with van der Waals surface area (Å²) in [6, 6.07) is 4.66. The lowest BCUT2D eigenvalue weighted by Crippen LogP contribution is -2.19. The Hall–Kier alpha value is -0.460. The fourth-order valence-electron chi connectivity index (χ4n) is 1.36. The van der Waals surface area contributed by atoms with E-state index in [0.29, 0.717) is 5.56 Å². The van der Waals surface area contributed by atoms with Gasteiger partial charge in [-0.05, 0) is 26.0 Å². The van der Waals surface area contributed by atoms with Crippen LogP contribution in [0.2, 0.25) is 0 Å². The fourth-order valence-corrected chi connectivity index (χ4v) is 1.61. The van der Waals surface area contributed by atoms with Crippen molar-refractivity contribution < 1.29 is 28.9 Å². The Morgan fingerprint density at radius 2 is 1.73 bits per heavy atom. The van der Waals surface area contributed by atoms with Gasteiger partial charge in [0.05, 0.1) is 6.61 Å². The second kappa shape index (κ2) is 9.63. The van der Waals surface area contributed by atoms with Gasteiger partial charge in [-0.15, -0.1) is 0 Å². The average Bonchev–Trinajstić information content (AvgIpc) is 2.46. The molecule has 122 valence electrons.